The van der Waals surface area contributed by atoms with Crippen LogP contribution in [0.3, 0.4) is 0 Å². The monoisotopic (exact) mass is 1420 g/mol. The average molecular weight is 1420 g/mol. The fourth-order valence-corrected chi connectivity index (χ4v) is 19.2. The van der Waals surface area contributed by atoms with Gasteiger partial charge in [0.15, 0.2) is 0 Å². The van der Waals surface area contributed by atoms with E-state index in [-0.39, 0.29) is 33.8 Å². The fraction of sp³-hybridized carbons (Fsp3) is 0.200. The van der Waals surface area contributed by atoms with E-state index in [0.29, 0.717) is 0 Å². The molecule has 14 aromatic carbocycles. The minimum atomic E-state index is -0.530. The van der Waals surface area contributed by atoms with Crippen molar-refractivity contribution in [3.63, 3.8) is 0 Å². The molecule has 2 aromatic heterocycles. The Hall–Kier alpha value is -11.7. The molecule has 110 heavy (non-hydrogen) atoms. The summed E-state index contributed by atoms with van der Waals surface area (Å²) < 4.78 is 9.60. The van der Waals surface area contributed by atoms with Gasteiger partial charge in [-0.25, -0.2) is 0 Å². The Labute approximate surface area is 648 Å². The lowest BCUT2D eigenvalue weighted by Crippen LogP contribution is -2.61. The van der Waals surface area contributed by atoms with E-state index in [9.17, 15) is 0 Å². The van der Waals surface area contributed by atoms with Gasteiger partial charge in [-0.1, -0.05) is 310 Å². The Balaban J connectivity index is 0.909. The van der Waals surface area contributed by atoms with Gasteiger partial charge in [-0.3, -0.25) is 0 Å². The Morgan fingerprint density at radius 3 is 1.30 bits per heavy atom. The van der Waals surface area contributed by atoms with E-state index in [1.807, 2.05) is 0 Å². The SMILES string of the molecule is CC(C)(C)c1ccc(-c2cc(C(C)(C)C)ccc2N2c3ccc(-c4cccc5c4oc4ccccc45)cc3B3c4ccc(-n5c6ccccc6c6cc7c(cc65)C5(c6ccccc6-c6ccccc65)c5ccccc5-7)cc4N(c4ccc(C(C)(C)C)cc4-c4ccc(C(C)(C)C)cc4)c4cc(C(C)(C)C)cc2c43)cc1. The second-order valence-electron chi connectivity index (χ2n) is 36.9. The highest BCUT2D eigenvalue weighted by atomic mass is 16.3. The highest BCUT2D eigenvalue weighted by Crippen LogP contribution is 2.64. The van der Waals surface area contributed by atoms with Crippen LogP contribution in [0.15, 0.2) is 290 Å². The summed E-state index contributed by atoms with van der Waals surface area (Å²) in [6.07, 6.45) is 0. The second-order valence-corrected chi connectivity index (χ2v) is 36.9. The van der Waals surface area contributed by atoms with Crippen LogP contribution < -0.4 is 26.2 Å². The maximum Gasteiger partial charge on any atom is 0.252 e. The van der Waals surface area contributed by atoms with Crippen LogP contribution in [0.25, 0.3) is 105 Å². The number of nitrogens with zero attached hydrogens (tertiary/aromatic N) is 3. The molecule has 0 atom stereocenters. The molecule has 1 spiro atoms. The number of fused-ring (bicyclic) bond motifs is 20. The van der Waals surface area contributed by atoms with Gasteiger partial charge in [0.05, 0.1) is 27.8 Å². The maximum absolute atomic E-state index is 7.00. The van der Waals surface area contributed by atoms with Gasteiger partial charge < -0.3 is 18.8 Å². The van der Waals surface area contributed by atoms with Crippen LogP contribution in [0.1, 0.15) is 154 Å². The molecule has 0 radical (unpaired) electrons. The topological polar surface area (TPSA) is 24.6 Å². The predicted molar refractivity (Wildman–Crippen MR) is 468 cm³/mol. The number of rotatable bonds is 6. The first-order chi connectivity index (χ1) is 52.7. The van der Waals surface area contributed by atoms with Gasteiger partial charge in [0.25, 0.3) is 6.71 Å². The number of aromatic nitrogens is 1. The molecule has 0 saturated heterocycles. The van der Waals surface area contributed by atoms with E-state index in [2.05, 4.69) is 403 Å². The minimum Gasteiger partial charge on any atom is -0.455 e. The van der Waals surface area contributed by atoms with Gasteiger partial charge in [-0.15, -0.1) is 0 Å². The van der Waals surface area contributed by atoms with Crippen LogP contribution in [0.4, 0.5) is 34.1 Å². The third kappa shape index (κ3) is 10.0. The Bertz CT molecular complexity index is 6510. The number of hydrogen-bond donors (Lipinski definition) is 0. The van der Waals surface area contributed by atoms with Gasteiger partial charge in [-0.2, -0.15) is 0 Å². The number of anilines is 6. The molecule has 0 unspecified atom stereocenters. The summed E-state index contributed by atoms with van der Waals surface area (Å²) in [5.74, 6) is 0. The van der Waals surface area contributed by atoms with Crippen molar-refractivity contribution in [1.82, 2.24) is 4.57 Å². The fourth-order valence-electron chi connectivity index (χ4n) is 19.2. The zero-order chi connectivity index (χ0) is 75.6. The highest BCUT2D eigenvalue weighted by Gasteiger charge is 2.52. The molecule has 536 valence electrons. The molecular weight excluding hydrogens is 1330 g/mol. The maximum atomic E-state index is 7.00. The molecule has 20 rings (SSSR count). The molecule has 16 aromatic rings. The van der Waals surface area contributed by atoms with E-state index in [1.165, 1.54) is 144 Å². The van der Waals surface area contributed by atoms with E-state index in [0.717, 1.165) is 61.5 Å². The molecule has 0 amide bonds. The third-order valence-electron chi connectivity index (χ3n) is 25.0. The van der Waals surface area contributed by atoms with Crippen LogP contribution in [-0.2, 0) is 32.5 Å². The lowest BCUT2D eigenvalue weighted by atomic mass is 9.33. The van der Waals surface area contributed by atoms with Crippen LogP contribution in [0.2, 0.25) is 0 Å². The average Bonchev–Trinajstić information content (AvgIpc) is 1.43. The molecule has 0 fully saturated rings. The zero-order valence-corrected chi connectivity index (χ0v) is 66.0. The minimum absolute atomic E-state index is 0.0196. The van der Waals surface area contributed by atoms with Crippen molar-refractivity contribution in [2.75, 3.05) is 9.80 Å². The van der Waals surface area contributed by atoms with Crippen LogP contribution in [0, 0.1) is 0 Å². The smallest absolute Gasteiger partial charge is 0.252 e. The van der Waals surface area contributed by atoms with E-state index >= 15 is 0 Å². The third-order valence-corrected chi connectivity index (χ3v) is 25.0. The van der Waals surface area contributed by atoms with Crippen LogP contribution in [-0.4, -0.2) is 11.3 Å². The molecule has 4 heterocycles. The highest BCUT2D eigenvalue weighted by molar-refractivity contribution is 7.00. The largest absolute Gasteiger partial charge is 0.455 e. The van der Waals surface area contributed by atoms with Crippen LogP contribution in [0.5, 0.6) is 0 Å². The van der Waals surface area contributed by atoms with Crippen molar-refractivity contribution >= 4 is 101 Å². The molecule has 0 N–H and O–H groups in total. The molecule has 2 aliphatic heterocycles. The lowest BCUT2D eigenvalue weighted by molar-refractivity contribution is 0.589. The molecule has 0 saturated carbocycles. The van der Waals surface area contributed by atoms with Gasteiger partial charge in [0.1, 0.15) is 11.2 Å². The first-order valence-corrected chi connectivity index (χ1v) is 39.6. The first-order valence-electron chi connectivity index (χ1n) is 39.6. The zero-order valence-electron chi connectivity index (χ0n) is 66.0. The van der Waals surface area contributed by atoms with Crippen molar-refractivity contribution < 1.29 is 4.42 Å². The van der Waals surface area contributed by atoms with Crippen LogP contribution >= 0.6 is 0 Å². The summed E-state index contributed by atoms with van der Waals surface area (Å²) in [6.45, 7) is 34.9. The summed E-state index contributed by atoms with van der Waals surface area (Å²) in [7, 11) is 0. The molecule has 2 aliphatic carbocycles. The van der Waals surface area contributed by atoms with Crippen molar-refractivity contribution in [2.45, 2.75) is 136 Å². The lowest BCUT2D eigenvalue weighted by Gasteiger charge is -2.46. The molecule has 5 heteroatoms. The van der Waals surface area contributed by atoms with Crippen molar-refractivity contribution in [3.8, 4) is 61.3 Å². The van der Waals surface area contributed by atoms with E-state index in [1.54, 1.807) is 0 Å². The molecule has 4 nitrogen and oxygen atoms in total. The number of benzene rings is 14. The normalized spacial score (nSPS) is 14.2. The number of hydrogen-bond acceptors (Lipinski definition) is 3. The summed E-state index contributed by atoms with van der Waals surface area (Å²) in [6, 6.07) is 111. The van der Waals surface area contributed by atoms with Gasteiger partial charge in [-0.05, 0) is 211 Å². The van der Waals surface area contributed by atoms with Gasteiger partial charge >= 0.3 is 0 Å². The van der Waals surface area contributed by atoms with E-state index < -0.39 is 5.41 Å². The summed E-state index contributed by atoms with van der Waals surface area (Å²) in [5, 5.41) is 4.69. The Kier molecular flexibility index (Phi) is 14.6. The standard InChI is InChI=1S/C105H92BN3O/c1-100(2,3)66-44-39-63(40-45-66)79-56-68(102(7,8)9)48-53-90(79)108-92-52-43-65(72-32-26-33-78-77-31-20-25-38-97(77)110-99(72)78)55-88(92)106-87-51-50-71(60-94(87)109(96-59-70(104(13,14)15)58-95(108)98(96)106)91-54-49-69(103(10,11)12)57-80(91)64-41-46-67(47-42-64)101(4,5)6)107-89-37-24-19-30-76(89)82-61-81-75-29-18-23-36-85(75)105(86(81)62-93(82)107)83-34-21-16-27-73(83)74-28-17-22-35-84(74)105/h16-62H,1-15H3. The second kappa shape index (κ2) is 23.7. The van der Waals surface area contributed by atoms with Crippen molar-refractivity contribution in [3.05, 3.63) is 335 Å². The molecule has 4 aliphatic rings. The van der Waals surface area contributed by atoms with Crippen molar-refractivity contribution in [2.24, 2.45) is 0 Å². The molecule has 0 bridgehead atoms. The number of para-hydroxylation sites is 3. The summed E-state index contributed by atoms with van der Waals surface area (Å²) in [5.41, 5.74) is 38.6. The Morgan fingerprint density at radius 2 is 0.736 bits per heavy atom. The van der Waals surface area contributed by atoms with Crippen molar-refractivity contribution in [1.29, 1.82) is 0 Å². The summed E-state index contributed by atoms with van der Waals surface area (Å²) in [4.78, 5) is 5.38. The predicted octanol–water partition coefficient (Wildman–Crippen LogP) is 26.6. The summed E-state index contributed by atoms with van der Waals surface area (Å²) >= 11 is 0. The number of furan rings is 1. The quantitative estimate of drug-likeness (QED) is 0.155. The molecular formula is C105H92BN3O. The Morgan fingerprint density at radius 1 is 0.273 bits per heavy atom. The first kappa shape index (κ1) is 67.7. The van der Waals surface area contributed by atoms with E-state index in [4.69, 9.17) is 4.42 Å². The van der Waals surface area contributed by atoms with Gasteiger partial charge in [0, 0.05) is 66.7 Å². The van der Waals surface area contributed by atoms with Gasteiger partial charge in [0.2, 0.25) is 0 Å².